The van der Waals surface area contributed by atoms with Crippen molar-refractivity contribution < 1.29 is 9.13 Å². The summed E-state index contributed by atoms with van der Waals surface area (Å²) >= 11 is 0. The fourth-order valence-electron chi connectivity index (χ4n) is 4.84. The van der Waals surface area contributed by atoms with Gasteiger partial charge in [-0.3, -0.25) is 14.3 Å². The minimum Gasteiger partial charge on any atom is -0.495 e. The minimum atomic E-state index is -0.726. The maximum atomic E-state index is 15.3. The molecule has 0 aromatic carbocycles. The van der Waals surface area contributed by atoms with Crippen molar-refractivity contribution in [3.63, 3.8) is 0 Å². The molecule has 0 radical (unpaired) electrons. The first-order chi connectivity index (χ1) is 17.0. The molecular formula is C25H32FN7O2. The number of ether oxygens (including phenoxy) is 1. The number of pyridine rings is 2. The maximum Gasteiger partial charge on any atom is 0.290 e. The number of hydrogen-bond acceptors (Lipinski definition) is 7. The van der Waals surface area contributed by atoms with Crippen molar-refractivity contribution in [3.8, 4) is 17.0 Å². The lowest BCUT2D eigenvalue weighted by atomic mass is 9.85. The Labute approximate surface area is 203 Å². The first-order valence-corrected chi connectivity index (χ1v) is 12.3. The van der Waals surface area contributed by atoms with Gasteiger partial charge in [0, 0.05) is 37.1 Å². The molecule has 0 amide bonds. The van der Waals surface area contributed by atoms with Crippen LogP contribution in [-0.4, -0.2) is 57.3 Å². The number of halogens is 1. The second-order valence-corrected chi connectivity index (χ2v) is 9.55. The molecule has 1 saturated heterocycles. The van der Waals surface area contributed by atoms with E-state index in [4.69, 9.17) is 4.74 Å². The summed E-state index contributed by atoms with van der Waals surface area (Å²) in [4.78, 5) is 19.1. The van der Waals surface area contributed by atoms with Gasteiger partial charge >= 0.3 is 0 Å². The maximum absolute atomic E-state index is 15.3. The fourth-order valence-corrected chi connectivity index (χ4v) is 4.84. The van der Waals surface area contributed by atoms with Crippen molar-refractivity contribution in [3.05, 3.63) is 53.1 Å². The predicted octanol–water partition coefficient (Wildman–Crippen LogP) is 3.07. The predicted molar refractivity (Wildman–Crippen MR) is 131 cm³/mol. The summed E-state index contributed by atoms with van der Waals surface area (Å²) in [6.45, 7) is 4.28. The number of piperidine rings is 1. The van der Waals surface area contributed by atoms with E-state index in [-0.39, 0.29) is 0 Å². The van der Waals surface area contributed by atoms with Crippen LogP contribution >= 0.6 is 0 Å². The van der Waals surface area contributed by atoms with E-state index in [1.165, 1.54) is 28.5 Å². The van der Waals surface area contributed by atoms with Crippen LogP contribution < -0.4 is 20.5 Å². The second kappa shape index (κ2) is 10.2. The van der Waals surface area contributed by atoms with Crippen LogP contribution in [-0.2, 0) is 0 Å². The van der Waals surface area contributed by atoms with Gasteiger partial charge in [-0.1, -0.05) is 11.6 Å². The van der Waals surface area contributed by atoms with Gasteiger partial charge in [-0.15, -0.1) is 5.10 Å². The third-order valence-electron chi connectivity index (χ3n) is 7.26. The van der Waals surface area contributed by atoms with Crippen LogP contribution in [0.4, 0.5) is 10.1 Å². The number of nitrogens with zero attached hydrogens (tertiary/aromatic N) is 6. The summed E-state index contributed by atoms with van der Waals surface area (Å²) in [5, 5.41) is 12.0. The van der Waals surface area contributed by atoms with Gasteiger partial charge in [-0.25, -0.2) is 4.68 Å². The molecule has 1 N–H and O–H groups in total. The van der Waals surface area contributed by atoms with Gasteiger partial charge in [0.2, 0.25) is 5.82 Å². The normalized spacial score (nSPS) is 19.4. The molecule has 1 aliphatic heterocycles. The van der Waals surface area contributed by atoms with Crippen molar-refractivity contribution in [2.45, 2.75) is 51.2 Å². The molecular weight excluding hydrogens is 449 g/mol. The average Bonchev–Trinajstić information content (AvgIpc) is 3.35. The molecule has 1 aliphatic carbocycles. The largest absolute Gasteiger partial charge is 0.495 e. The molecule has 9 nitrogen and oxygen atoms in total. The van der Waals surface area contributed by atoms with Gasteiger partial charge in [0.1, 0.15) is 17.6 Å². The van der Waals surface area contributed by atoms with E-state index >= 15 is 4.39 Å². The van der Waals surface area contributed by atoms with E-state index in [2.05, 4.69) is 20.6 Å². The van der Waals surface area contributed by atoms with E-state index in [0.717, 1.165) is 37.4 Å². The minimum absolute atomic E-state index is 0.324. The Kier molecular flexibility index (Phi) is 6.81. The standard InChI is InChI=1S/C25H32FN7O2/c1-17(33-16-22(29-30-33)19-11-21(35-2)14-27-13-19)32-10-8-23(24(26)25(32)34)31-9-4-7-20(15-31)28-12-18-5-3-6-18/h8,10-11,13-14,16-18,20,28H,3-7,9,12,15H2,1-2H3/t17?,20-/m1/s1. The van der Waals surface area contributed by atoms with Gasteiger partial charge in [0.15, 0.2) is 0 Å². The molecule has 0 spiro atoms. The van der Waals surface area contributed by atoms with Crippen LogP contribution in [0.25, 0.3) is 11.3 Å². The third-order valence-corrected chi connectivity index (χ3v) is 7.26. The molecule has 4 heterocycles. The topological polar surface area (TPSA) is 90.1 Å². The number of aromatic nitrogens is 5. The molecule has 2 fully saturated rings. The molecule has 186 valence electrons. The highest BCUT2D eigenvalue weighted by atomic mass is 19.1. The highest BCUT2D eigenvalue weighted by Crippen LogP contribution is 2.27. The lowest BCUT2D eigenvalue weighted by Crippen LogP contribution is -2.48. The lowest BCUT2D eigenvalue weighted by Gasteiger charge is -2.36. The van der Waals surface area contributed by atoms with Gasteiger partial charge in [0.05, 0.1) is 25.2 Å². The van der Waals surface area contributed by atoms with Crippen LogP contribution in [0.3, 0.4) is 0 Å². The molecule has 10 heteroatoms. The fraction of sp³-hybridized carbons (Fsp3) is 0.520. The summed E-state index contributed by atoms with van der Waals surface area (Å²) in [6.07, 6.45) is 12.1. The molecule has 1 unspecified atom stereocenters. The molecule has 1 saturated carbocycles. The lowest BCUT2D eigenvalue weighted by molar-refractivity contribution is 0.280. The van der Waals surface area contributed by atoms with Crippen molar-refractivity contribution in [2.75, 3.05) is 31.6 Å². The average molecular weight is 482 g/mol. The SMILES string of the molecule is COc1cncc(-c2cn(C(C)n3ccc(N4CCC[C@@H](NCC5CCC5)C4)c(F)c3=O)nn2)c1. The van der Waals surface area contributed by atoms with E-state index in [1.807, 2.05) is 4.90 Å². The van der Waals surface area contributed by atoms with Crippen LogP contribution in [0.2, 0.25) is 0 Å². The Balaban J connectivity index is 1.31. The van der Waals surface area contributed by atoms with Crippen molar-refractivity contribution in [1.29, 1.82) is 0 Å². The number of anilines is 1. The van der Waals surface area contributed by atoms with Crippen LogP contribution in [0.5, 0.6) is 5.75 Å². The van der Waals surface area contributed by atoms with Crippen LogP contribution in [0, 0.1) is 11.7 Å². The van der Waals surface area contributed by atoms with E-state index in [9.17, 15) is 4.79 Å². The summed E-state index contributed by atoms with van der Waals surface area (Å²) in [7, 11) is 1.57. The highest BCUT2D eigenvalue weighted by molar-refractivity contribution is 5.58. The Bertz CT molecular complexity index is 1220. The van der Waals surface area contributed by atoms with Gasteiger partial charge in [-0.05, 0) is 57.2 Å². The Hall–Kier alpha value is -3.27. The summed E-state index contributed by atoms with van der Waals surface area (Å²) < 4.78 is 23.4. The Morgan fingerprint density at radius 2 is 2.11 bits per heavy atom. The monoisotopic (exact) mass is 481 g/mol. The summed E-state index contributed by atoms with van der Waals surface area (Å²) in [6, 6.07) is 3.83. The van der Waals surface area contributed by atoms with Gasteiger partial charge < -0.3 is 15.0 Å². The smallest absolute Gasteiger partial charge is 0.290 e. The summed E-state index contributed by atoms with van der Waals surface area (Å²) in [5.41, 5.74) is 1.03. The highest BCUT2D eigenvalue weighted by Gasteiger charge is 2.26. The Morgan fingerprint density at radius 3 is 2.89 bits per heavy atom. The number of rotatable bonds is 8. The zero-order valence-electron chi connectivity index (χ0n) is 20.2. The molecule has 5 rings (SSSR count). The van der Waals surface area contributed by atoms with Gasteiger partial charge in [-0.2, -0.15) is 4.39 Å². The van der Waals surface area contributed by atoms with Crippen molar-refractivity contribution in [1.82, 2.24) is 29.9 Å². The van der Waals surface area contributed by atoms with E-state index < -0.39 is 17.5 Å². The van der Waals surface area contributed by atoms with Gasteiger partial charge in [0.25, 0.3) is 5.56 Å². The molecule has 0 bridgehead atoms. The molecule has 35 heavy (non-hydrogen) atoms. The molecule has 2 aliphatic rings. The number of nitrogens with one attached hydrogen (secondary N) is 1. The van der Waals surface area contributed by atoms with Crippen LogP contribution in [0.15, 0.2) is 41.7 Å². The van der Waals surface area contributed by atoms with E-state index in [0.29, 0.717) is 29.7 Å². The molecule has 3 aromatic heterocycles. The Morgan fingerprint density at radius 1 is 1.26 bits per heavy atom. The molecule has 2 atom stereocenters. The van der Waals surface area contributed by atoms with Crippen molar-refractivity contribution >= 4 is 5.69 Å². The quantitative estimate of drug-likeness (QED) is 0.529. The zero-order chi connectivity index (χ0) is 24.4. The first-order valence-electron chi connectivity index (χ1n) is 12.3. The second-order valence-electron chi connectivity index (χ2n) is 9.55. The van der Waals surface area contributed by atoms with Crippen LogP contribution in [0.1, 0.15) is 45.2 Å². The zero-order valence-corrected chi connectivity index (χ0v) is 20.2. The first kappa shape index (κ1) is 23.5. The van der Waals surface area contributed by atoms with Crippen molar-refractivity contribution in [2.24, 2.45) is 5.92 Å². The number of methoxy groups -OCH3 is 1. The summed E-state index contributed by atoms with van der Waals surface area (Å²) in [5.74, 6) is 0.665. The third kappa shape index (κ3) is 4.93. The molecule has 3 aromatic rings. The van der Waals surface area contributed by atoms with E-state index in [1.54, 1.807) is 51.0 Å². The number of hydrogen-bond donors (Lipinski definition) is 1.